The zero-order valence-electron chi connectivity index (χ0n) is 18.5. The first-order valence-electron chi connectivity index (χ1n) is 10.0. The molecule has 5 N–H and O–H groups in total. The second-order valence-electron chi connectivity index (χ2n) is 7.29. The van der Waals surface area contributed by atoms with E-state index in [-0.39, 0.29) is 35.2 Å². The zero-order valence-corrected chi connectivity index (χ0v) is 19.3. The molecule has 0 bridgehead atoms. The summed E-state index contributed by atoms with van der Waals surface area (Å²) in [5.41, 5.74) is 12.3. The number of methoxy groups -OCH3 is 1. The van der Waals surface area contributed by atoms with Crippen molar-refractivity contribution in [2.75, 3.05) is 30.9 Å². The molecule has 2 aromatic heterocycles. The first-order valence-corrected chi connectivity index (χ1v) is 10.8. The highest BCUT2D eigenvalue weighted by molar-refractivity contribution is 7.09. The van der Waals surface area contributed by atoms with Crippen LogP contribution in [0.15, 0.2) is 40.8 Å². The summed E-state index contributed by atoms with van der Waals surface area (Å²) >= 11 is 0.741. The Kier molecular flexibility index (Phi) is 7.46. The Bertz CT molecular complexity index is 1170. The van der Waals surface area contributed by atoms with Crippen LogP contribution in [0.1, 0.15) is 43.3 Å². The molecule has 0 aliphatic carbocycles. The number of carbonyl (C=O) groups is 3. The average Bonchev–Trinajstić information content (AvgIpc) is 3.37. The maximum atomic E-state index is 13.8. The molecule has 3 aromatic rings. The van der Waals surface area contributed by atoms with Gasteiger partial charge in [0.05, 0.1) is 12.3 Å². The standard InChI is InChI=1S/C22H25N5O5S/c1-12-5-4-6-14(11-12)27(22(30)19-16(23)17(20(24)28)26-33-19)18(15-8-7-13(2)32-15)21(29)25-9-10-31-3/h4-8,11,18H,9-10,23H2,1-3H3,(H2,24,28)(H,25,29)/t18-/m0/s1. The normalized spacial score (nSPS) is 11.7. The quantitative estimate of drug-likeness (QED) is 0.404. The number of hydrogen-bond acceptors (Lipinski definition) is 8. The summed E-state index contributed by atoms with van der Waals surface area (Å²) in [4.78, 5) is 40.0. The molecule has 0 saturated heterocycles. The van der Waals surface area contributed by atoms with Gasteiger partial charge in [0.15, 0.2) is 11.7 Å². The monoisotopic (exact) mass is 471 g/mol. The lowest BCUT2D eigenvalue weighted by atomic mass is 10.1. The van der Waals surface area contributed by atoms with Crippen molar-refractivity contribution in [1.29, 1.82) is 0 Å². The van der Waals surface area contributed by atoms with E-state index in [0.717, 1.165) is 17.1 Å². The van der Waals surface area contributed by atoms with Gasteiger partial charge in [-0.1, -0.05) is 12.1 Å². The van der Waals surface area contributed by atoms with E-state index in [4.69, 9.17) is 20.6 Å². The summed E-state index contributed by atoms with van der Waals surface area (Å²) in [6.07, 6.45) is 0. The topological polar surface area (TPSA) is 154 Å². The van der Waals surface area contributed by atoms with Crippen LogP contribution in [0.2, 0.25) is 0 Å². The molecule has 3 rings (SSSR count). The number of aryl methyl sites for hydroxylation is 2. The van der Waals surface area contributed by atoms with Crippen molar-refractivity contribution in [3.63, 3.8) is 0 Å². The Morgan fingerprint density at radius 1 is 1.24 bits per heavy atom. The molecule has 10 nitrogen and oxygen atoms in total. The average molecular weight is 472 g/mol. The molecule has 0 unspecified atom stereocenters. The second kappa shape index (κ2) is 10.3. The van der Waals surface area contributed by atoms with Crippen LogP contribution in [-0.2, 0) is 9.53 Å². The van der Waals surface area contributed by atoms with Crippen LogP contribution in [-0.4, -0.2) is 42.4 Å². The number of amides is 3. The minimum Gasteiger partial charge on any atom is -0.464 e. The number of anilines is 2. The fourth-order valence-corrected chi connectivity index (χ4v) is 3.99. The second-order valence-corrected chi connectivity index (χ2v) is 8.06. The van der Waals surface area contributed by atoms with Crippen molar-refractivity contribution < 1.29 is 23.5 Å². The number of benzene rings is 1. The molecule has 3 amide bonds. The molecule has 0 saturated carbocycles. The zero-order chi connectivity index (χ0) is 24.1. The van der Waals surface area contributed by atoms with Gasteiger partial charge in [0.25, 0.3) is 17.7 Å². The summed E-state index contributed by atoms with van der Waals surface area (Å²) < 4.78 is 14.7. The van der Waals surface area contributed by atoms with Gasteiger partial charge < -0.3 is 25.9 Å². The van der Waals surface area contributed by atoms with E-state index in [2.05, 4.69) is 9.69 Å². The molecule has 0 spiro atoms. The number of primary amides is 1. The molecule has 0 aliphatic rings. The minimum absolute atomic E-state index is 0.0109. The van der Waals surface area contributed by atoms with E-state index in [0.29, 0.717) is 11.4 Å². The largest absolute Gasteiger partial charge is 0.464 e. The molecule has 2 heterocycles. The molecular weight excluding hydrogens is 446 g/mol. The molecule has 1 aromatic carbocycles. The lowest BCUT2D eigenvalue weighted by Crippen LogP contribution is -2.44. The van der Waals surface area contributed by atoms with Crippen LogP contribution in [0.3, 0.4) is 0 Å². The lowest BCUT2D eigenvalue weighted by molar-refractivity contribution is -0.123. The molecule has 0 aliphatic heterocycles. The third kappa shape index (κ3) is 5.21. The summed E-state index contributed by atoms with van der Waals surface area (Å²) in [5, 5.41) is 2.77. The fourth-order valence-electron chi connectivity index (χ4n) is 3.25. The first-order chi connectivity index (χ1) is 15.7. The van der Waals surface area contributed by atoms with E-state index >= 15 is 0 Å². The van der Waals surface area contributed by atoms with Crippen molar-refractivity contribution in [3.8, 4) is 0 Å². The van der Waals surface area contributed by atoms with Gasteiger partial charge in [0.2, 0.25) is 0 Å². The van der Waals surface area contributed by atoms with Gasteiger partial charge in [-0.05, 0) is 55.2 Å². The van der Waals surface area contributed by atoms with Crippen molar-refractivity contribution in [1.82, 2.24) is 9.69 Å². The van der Waals surface area contributed by atoms with Crippen molar-refractivity contribution in [2.45, 2.75) is 19.9 Å². The van der Waals surface area contributed by atoms with E-state index in [1.54, 1.807) is 37.3 Å². The van der Waals surface area contributed by atoms with Crippen molar-refractivity contribution in [2.24, 2.45) is 5.73 Å². The lowest BCUT2D eigenvalue weighted by Gasteiger charge is -2.30. The van der Waals surface area contributed by atoms with Gasteiger partial charge in [-0.15, -0.1) is 0 Å². The number of hydrogen-bond donors (Lipinski definition) is 3. The summed E-state index contributed by atoms with van der Waals surface area (Å²) in [6, 6.07) is 9.26. The number of nitrogens with two attached hydrogens (primary N) is 2. The number of carbonyl (C=O) groups excluding carboxylic acids is 3. The Morgan fingerprint density at radius 3 is 2.58 bits per heavy atom. The Hall–Kier alpha value is -3.70. The van der Waals surface area contributed by atoms with Gasteiger partial charge in [0, 0.05) is 19.3 Å². The third-order valence-electron chi connectivity index (χ3n) is 4.80. The predicted molar refractivity (Wildman–Crippen MR) is 124 cm³/mol. The van der Waals surface area contributed by atoms with Crippen LogP contribution in [0.5, 0.6) is 0 Å². The Morgan fingerprint density at radius 2 is 2.00 bits per heavy atom. The highest BCUT2D eigenvalue weighted by atomic mass is 32.1. The number of nitrogens with zero attached hydrogens (tertiary/aromatic N) is 2. The number of nitrogen functional groups attached to an aromatic ring is 1. The summed E-state index contributed by atoms with van der Waals surface area (Å²) in [7, 11) is 1.52. The van der Waals surface area contributed by atoms with Crippen LogP contribution >= 0.6 is 11.5 Å². The van der Waals surface area contributed by atoms with Crippen LogP contribution in [0, 0.1) is 13.8 Å². The number of furan rings is 1. The Labute approximate surface area is 194 Å². The highest BCUT2D eigenvalue weighted by Gasteiger charge is 2.37. The fraction of sp³-hybridized carbons (Fsp3) is 0.273. The van der Waals surface area contributed by atoms with Crippen LogP contribution in [0.25, 0.3) is 0 Å². The van der Waals surface area contributed by atoms with Crippen LogP contribution < -0.4 is 21.7 Å². The number of rotatable bonds is 9. The summed E-state index contributed by atoms with van der Waals surface area (Å²) in [6.45, 7) is 4.12. The molecule has 11 heteroatoms. The van der Waals surface area contributed by atoms with Gasteiger partial charge in [-0.2, -0.15) is 4.37 Å². The van der Waals surface area contributed by atoms with Gasteiger partial charge >= 0.3 is 0 Å². The molecule has 174 valence electrons. The van der Waals surface area contributed by atoms with Crippen LogP contribution in [0.4, 0.5) is 11.4 Å². The van der Waals surface area contributed by atoms with Gasteiger partial charge in [-0.3, -0.25) is 19.3 Å². The van der Waals surface area contributed by atoms with Gasteiger partial charge in [-0.25, -0.2) is 0 Å². The van der Waals surface area contributed by atoms with Crippen molar-refractivity contribution >= 4 is 40.6 Å². The molecule has 0 fully saturated rings. The highest BCUT2D eigenvalue weighted by Crippen LogP contribution is 2.34. The molecule has 33 heavy (non-hydrogen) atoms. The molecule has 1 atom stereocenters. The Balaban J connectivity index is 2.15. The number of aromatic nitrogens is 1. The maximum absolute atomic E-state index is 13.8. The molecule has 0 radical (unpaired) electrons. The predicted octanol–water partition coefficient (Wildman–Crippen LogP) is 2.18. The van der Waals surface area contributed by atoms with E-state index in [1.165, 1.54) is 12.0 Å². The maximum Gasteiger partial charge on any atom is 0.273 e. The van der Waals surface area contributed by atoms with Gasteiger partial charge in [0.1, 0.15) is 16.4 Å². The molecular formula is C22H25N5O5S. The minimum atomic E-state index is -1.16. The SMILES string of the molecule is COCCNC(=O)[C@H](c1ccc(C)o1)N(C(=O)c1snc(C(N)=O)c1N)c1cccc(C)c1. The summed E-state index contributed by atoms with van der Waals surface area (Å²) in [5.74, 6) is -1.11. The first kappa shape index (κ1) is 24.0. The smallest absolute Gasteiger partial charge is 0.273 e. The van der Waals surface area contributed by atoms with E-state index < -0.39 is 23.8 Å². The van der Waals surface area contributed by atoms with E-state index in [1.807, 2.05) is 13.0 Å². The number of ether oxygens (including phenoxy) is 1. The van der Waals surface area contributed by atoms with Crippen molar-refractivity contribution in [3.05, 3.63) is 64.1 Å². The van der Waals surface area contributed by atoms with E-state index in [9.17, 15) is 14.4 Å². The number of nitrogens with one attached hydrogen (secondary N) is 1. The third-order valence-corrected chi connectivity index (χ3v) is 5.65.